The fourth-order valence-electron chi connectivity index (χ4n) is 2.02. The van der Waals surface area contributed by atoms with Gasteiger partial charge in [0.25, 0.3) is 0 Å². The first kappa shape index (κ1) is 23.5. The molecule has 0 atom stereocenters. The van der Waals surface area contributed by atoms with E-state index < -0.39 is 17.4 Å². The van der Waals surface area contributed by atoms with Gasteiger partial charge in [-0.15, -0.1) is 11.6 Å². The molecular formula is C15H34ClO5Si2. The molecule has 0 unspecified atom stereocenters. The maximum absolute atomic E-state index is 6.08. The monoisotopic (exact) mass is 385 g/mol. The topological polar surface area (TPSA) is 46.2 Å². The van der Waals surface area contributed by atoms with Crippen molar-refractivity contribution in [3.8, 4) is 0 Å². The van der Waals surface area contributed by atoms with Crippen LogP contribution in [0.2, 0.25) is 32.2 Å². The Morgan fingerprint density at radius 2 is 1.17 bits per heavy atom. The van der Waals surface area contributed by atoms with Crippen LogP contribution in [-0.2, 0) is 23.1 Å². The third kappa shape index (κ3) is 18.7. The summed E-state index contributed by atoms with van der Waals surface area (Å²) in [6, 6.07) is 1.16. The average molecular weight is 386 g/mol. The predicted octanol–water partition coefficient (Wildman–Crippen LogP) is 3.15. The summed E-state index contributed by atoms with van der Waals surface area (Å²) in [5.41, 5.74) is 0. The average Bonchev–Trinajstić information content (AvgIpc) is 2.46. The first-order valence-electron chi connectivity index (χ1n) is 8.34. The molecule has 0 saturated heterocycles. The summed E-state index contributed by atoms with van der Waals surface area (Å²) in [5.74, 6) is 0.523. The second-order valence-corrected chi connectivity index (χ2v) is 13.0. The Morgan fingerprint density at radius 3 is 1.61 bits per heavy atom. The molecule has 0 amide bonds. The highest BCUT2D eigenvalue weighted by Crippen LogP contribution is 2.14. The van der Waals surface area contributed by atoms with Gasteiger partial charge in [-0.25, -0.2) is 0 Å². The number of rotatable bonds is 17. The predicted molar refractivity (Wildman–Crippen MR) is 99.5 cm³/mol. The van der Waals surface area contributed by atoms with E-state index in [-0.39, 0.29) is 0 Å². The third-order valence-electron chi connectivity index (χ3n) is 2.89. The summed E-state index contributed by atoms with van der Waals surface area (Å²) in [6.45, 7) is 13.9. The molecule has 139 valence electrons. The van der Waals surface area contributed by atoms with Crippen LogP contribution in [0, 0.1) is 0 Å². The van der Waals surface area contributed by atoms with Gasteiger partial charge in [-0.3, -0.25) is 0 Å². The van der Waals surface area contributed by atoms with E-state index in [4.69, 9.17) is 34.7 Å². The van der Waals surface area contributed by atoms with E-state index in [0.29, 0.717) is 52.1 Å². The van der Waals surface area contributed by atoms with Gasteiger partial charge in [-0.05, 0) is 38.7 Å². The van der Waals surface area contributed by atoms with Crippen molar-refractivity contribution >= 4 is 29.0 Å². The highest BCUT2D eigenvalue weighted by atomic mass is 35.5. The molecule has 0 fully saturated rings. The van der Waals surface area contributed by atoms with Gasteiger partial charge in [0.1, 0.15) is 0 Å². The van der Waals surface area contributed by atoms with Crippen molar-refractivity contribution in [2.24, 2.45) is 0 Å². The lowest BCUT2D eigenvalue weighted by molar-refractivity contribution is -0.000250. The SMILES string of the molecule is C[Si](C)O[Si](C)(C)CCCOCCOCCOCCOCCCl. The summed E-state index contributed by atoms with van der Waals surface area (Å²) < 4.78 is 27.6. The Morgan fingerprint density at radius 1 is 0.739 bits per heavy atom. The van der Waals surface area contributed by atoms with E-state index in [1.807, 2.05) is 0 Å². The molecule has 0 aliphatic heterocycles. The lowest BCUT2D eigenvalue weighted by Crippen LogP contribution is -2.35. The summed E-state index contributed by atoms with van der Waals surface area (Å²) in [5, 5.41) is 0. The second kappa shape index (κ2) is 16.0. The molecule has 0 aromatic carbocycles. The first-order chi connectivity index (χ1) is 11.0. The molecule has 1 radical (unpaired) electrons. The molecule has 0 saturated carbocycles. The van der Waals surface area contributed by atoms with Crippen LogP contribution < -0.4 is 0 Å². The van der Waals surface area contributed by atoms with E-state index in [0.717, 1.165) is 19.1 Å². The van der Waals surface area contributed by atoms with E-state index in [9.17, 15) is 0 Å². The minimum Gasteiger partial charge on any atom is -0.456 e. The van der Waals surface area contributed by atoms with Gasteiger partial charge in [0, 0.05) is 12.5 Å². The van der Waals surface area contributed by atoms with Crippen molar-refractivity contribution in [1.82, 2.24) is 0 Å². The van der Waals surface area contributed by atoms with Gasteiger partial charge >= 0.3 is 0 Å². The van der Waals surface area contributed by atoms with Gasteiger partial charge in [-0.2, -0.15) is 0 Å². The van der Waals surface area contributed by atoms with Crippen LogP contribution in [0.5, 0.6) is 0 Å². The standard InChI is InChI=1S/C15H34ClO5Si2/c1-22(2)21-23(3,4)15-5-7-17-9-11-19-13-14-20-12-10-18-8-6-16/h5-15H2,1-4H3. The van der Waals surface area contributed by atoms with E-state index in [2.05, 4.69) is 26.2 Å². The van der Waals surface area contributed by atoms with Crippen molar-refractivity contribution in [3.63, 3.8) is 0 Å². The zero-order chi connectivity index (χ0) is 17.4. The fourth-order valence-corrected chi connectivity index (χ4v) is 7.95. The van der Waals surface area contributed by atoms with Crippen LogP contribution in [0.3, 0.4) is 0 Å². The number of hydrogen-bond acceptors (Lipinski definition) is 5. The van der Waals surface area contributed by atoms with Crippen molar-refractivity contribution in [2.75, 3.05) is 58.7 Å². The molecule has 0 N–H and O–H groups in total. The number of alkyl halides is 1. The molecule has 0 spiro atoms. The zero-order valence-electron chi connectivity index (χ0n) is 15.2. The minimum absolute atomic E-state index is 0.523. The highest BCUT2D eigenvalue weighted by Gasteiger charge is 2.23. The number of halogens is 1. The molecule has 0 aliphatic rings. The van der Waals surface area contributed by atoms with Crippen molar-refractivity contribution < 1.29 is 23.1 Å². The van der Waals surface area contributed by atoms with Crippen LogP contribution in [0.25, 0.3) is 0 Å². The molecule has 23 heavy (non-hydrogen) atoms. The maximum Gasteiger partial charge on any atom is 0.191 e. The Labute approximate surface area is 149 Å². The number of hydrogen-bond donors (Lipinski definition) is 0. The quantitative estimate of drug-likeness (QED) is 0.218. The molecular weight excluding hydrogens is 352 g/mol. The van der Waals surface area contributed by atoms with Gasteiger partial charge in [-0.1, -0.05) is 0 Å². The highest BCUT2D eigenvalue weighted by molar-refractivity contribution is 6.77. The molecule has 0 rings (SSSR count). The molecule has 8 heteroatoms. The summed E-state index contributed by atoms with van der Waals surface area (Å²) >= 11 is 5.49. The third-order valence-corrected chi connectivity index (χ3v) is 8.44. The fraction of sp³-hybridized carbons (Fsp3) is 1.00. The van der Waals surface area contributed by atoms with E-state index >= 15 is 0 Å². The molecule has 0 aromatic rings. The maximum atomic E-state index is 6.08. The number of ether oxygens (including phenoxy) is 4. The van der Waals surface area contributed by atoms with Gasteiger partial charge in [0.05, 0.1) is 46.2 Å². The normalized spacial score (nSPS) is 12.3. The summed E-state index contributed by atoms with van der Waals surface area (Å²) in [7, 11) is -2.05. The lowest BCUT2D eigenvalue weighted by Gasteiger charge is -2.25. The van der Waals surface area contributed by atoms with Crippen molar-refractivity contribution in [3.05, 3.63) is 0 Å². The van der Waals surface area contributed by atoms with Gasteiger partial charge in [0.2, 0.25) is 0 Å². The van der Waals surface area contributed by atoms with Gasteiger partial charge in [0.15, 0.2) is 17.4 Å². The molecule has 0 bridgehead atoms. The first-order valence-corrected chi connectivity index (χ1v) is 14.4. The zero-order valence-corrected chi connectivity index (χ0v) is 18.0. The summed E-state index contributed by atoms with van der Waals surface area (Å²) in [6.07, 6.45) is 1.07. The Bertz CT molecular complexity index is 258. The van der Waals surface area contributed by atoms with E-state index in [1.165, 1.54) is 0 Å². The van der Waals surface area contributed by atoms with Crippen molar-refractivity contribution in [2.45, 2.75) is 38.7 Å². The Balaban J connectivity index is 3.19. The van der Waals surface area contributed by atoms with Crippen LogP contribution in [-0.4, -0.2) is 76.1 Å². The Hall–Kier alpha value is 0.524. The van der Waals surface area contributed by atoms with Crippen LogP contribution in [0.15, 0.2) is 0 Å². The molecule has 5 nitrogen and oxygen atoms in total. The largest absolute Gasteiger partial charge is 0.456 e. The van der Waals surface area contributed by atoms with Crippen LogP contribution in [0.4, 0.5) is 0 Å². The van der Waals surface area contributed by atoms with Crippen LogP contribution in [0.1, 0.15) is 6.42 Å². The van der Waals surface area contributed by atoms with Gasteiger partial charge < -0.3 is 23.1 Å². The smallest absolute Gasteiger partial charge is 0.191 e. The molecule has 0 heterocycles. The van der Waals surface area contributed by atoms with Crippen LogP contribution >= 0.6 is 11.6 Å². The minimum atomic E-state index is -1.47. The molecule has 0 aromatic heterocycles. The lowest BCUT2D eigenvalue weighted by atomic mass is 10.5. The van der Waals surface area contributed by atoms with E-state index in [1.54, 1.807) is 0 Å². The summed E-state index contributed by atoms with van der Waals surface area (Å²) in [4.78, 5) is 0. The molecule has 0 aliphatic carbocycles. The second-order valence-electron chi connectivity index (χ2n) is 6.01. The Kier molecular flexibility index (Phi) is 16.4. The van der Waals surface area contributed by atoms with Crippen molar-refractivity contribution in [1.29, 1.82) is 0 Å².